The van der Waals surface area contributed by atoms with Gasteiger partial charge in [0.05, 0.1) is 0 Å². The summed E-state index contributed by atoms with van der Waals surface area (Å²) in [6.45, 7) is 3.51. The number of hydrogen-bond acceptors (Lipinski definition) is 2. The molecule has 1 saturated heterocycles. The number of nitrogens with one attached hydrogen (secondary N) is 1. The lowest BCUT2D eigenvalue weighted by Crippen LogP contribution is -2.54. The summed E-state index contributed by atoms with van der Waals surface area (Å²) in [5.41, 5.74) is -0.248. The van der Waals surface area contributed by atoms with Crippen molar-refractivity contribution in [3.63, 3.8) is 0 Å². The van der Waals surface area contributed by atoms with Gasteiger partial charge in [-0.2, -0.15) is 17.4 Å². The molecule has 106 valence electrons. The van der Waals surface area contributed by atoms with Crippen molar-refractivity contribution in [2.45, 2.75) is 51.0 Å². The maximum Gasteiger partial charge on any atom is 0.279 e. The van der Waals surface area contributed by atoms with Gasteiger partial charge < -0.3 is 0 Å². The summed E-state index contributed by atoms with van der Waals surface area (Å²) < 4.78 is 29.4. The van der Waals surface area contributed by atoms with Crippen molar-refractivity contribution in [1.29, 1.82) is 0 Å². The molecule has 0 bridgehead atoms. The third-order valence-corrected chi connectivity index (χ3v) is 7.05. The molecule has 0 atom stereocenters. The van der Waals surface area contributed by atoms with Crippen molar-refractivity contribution in [3.8, 4) is 0 Å². The number of alkyl halides is 1. The van der Waals surface area contributed by atoms with Gasteiger partial charge in [-0.05, 0) is 31.6 Å². The molecule has 6 heteroatoms. The van der Waals surface area contributed by atoms with Crippen LogP contribution in [0, 0.1) is 5.92 Å². The predicted molar refractivity (Wildman–Crippen MR) is 77.0 cm³/mol. The Bertz CT molecular complexity index is 372. The SMILES string of the molecule is CC1CCN(S(=O)(=O)NC2(CBr)CCCC2)CC1. The normalized spacial score (nSPS) is 26.6. The van der Waals surface area contributed by atoms with Crippen LogP contribution < -0.4 is 4.72 Å². The minimum atomic E-state index is -3.31. The molecule has 2 fully saturated rings. The highest BCUT2D eigenvalue weighted by molar-refractivity contribution is 9.09. The zero-order chi connectivity index (χ0) is 13.2. The molecule has 0 aromatic carbocycles. The summed E-state index contributed by atoms with van der Waals surface area (Å²) in [6.07, 6.45) is 6.07. The Morgan fingerprint density at radius 2 is 1.83 bits per heavy atom. The minimum Gasteiger partial charge on any atom is -0.195 e. The van der Waals surface area contributed by atoms with Gasteiger partial charge in [-0.15, -0.1) is 0 Å². The van der Waals surface area contributed by atoms with Crippen molar-refractivity contribution in [2.24, 2.45) is 5.92 Å². The molecule has 18 heavy (non-hydrogen) atoms. The fourth-order valence-electron chi connectivity index (χ4n) is 2.88. The summed E-state index contributed by atoms with van der Waals surface area (Å²) in [5, 5.41) is 0.712. The number of nitrogens with zero attached hydrogens (tertiary/aromatic N) is 1. The standard InChI is InChI=1S/C12H23BrN2O2S/c1-11-4-8-15(9-5-11)18(16,17)14-12(10-13)6-2-3-7-12/h11,14H,2-10H2,1H3. The van der Waals surface area contributed by atoms with E-state index >= 15 is 0 Å². The molecule has 1 aliphatic carbocycles. The summed E-state index contributed by atoms with van der Waals surface area (Å²) in [4.78, 5) is 0. The molecule has 2 aliphatic rings. The lowest BCUT2D eigenvalue weighted by Gasteiger charge is -2.34. The third-order valence-electron chi connectivity index (χ3n) is 4.24. The van der Waals surface area contributed by atoms with Gasteiger partial charge in [0.25, 0.3) is 10.2 Å². The number of rotatable bonds is 4. The summed E-state index contributed by atoms with van der Waals surface area (Å²) in [6, 6.07) is 0. The van der Waals surface area contributed by atoms with Crippen LogP contribution in [-0.2, 0) is 10.2 Å². The van der Waals surface area contributed by atoms with E-state index in [0.717, 1.165) is 38.5 Å². The molecule has 0 radical (unpaired) electrons. The van der Waals surface area contributed by atoms with E-state index in [-0.39, 0.29) is 5.54 Å². The maximum atomic E-state index is 12.4. The van der Waals surface area contributed by atoms with Crippen LogP contribution in [-0.4, -0.2) is 36.7 Å². The van der Waals surface area contributed by atoms with Gasteiger partial charge in [-0.25, -0.2) is 0 Å². The van der Waals surface area contributed by atoms with E-state index in [0.29, 0.717) is 24.3 Å². The summed E-state index contributed by atoms with van der Waals surface area (Å²) >= 11 is 3.47. The van der Waals surface area contributed by atoms with Crippen molar-refractivity contribution in [2.75, 3.05) is 18.4 Å². The quantitative estimate of drug-likeness (QED) is 0.799. The second-order valence-electron chi connectivity index (χ2n) is 5.81. The monoisotopic (exact) mass is 338 g/mol. The molecule has 0 aromatic rings. The first-order valence-electron chi connectivity index (χ1n) is 6.82. The zero-order valence-electron chi connectivity index (χ0n) is 11.0. The van der Waals surface area contributed by atoms with Gasteiger partial charge in [0.1, 0.15) is 0 Å². The van der Waals surface area contributed by atoms with Crippen LogP contribution in [0.5, 0.6) is 0 Å². The van der Waals surface area contributed by atoms with E-state index in [1.165, 1.54) is 0 Å². The lowest BCUT2D eigenvalue weighted by atomic mass is 10.0. The van der Waals surface area contributed by atoms with Crippen LogP contribution in [0.1, 0.15) is 45.4 Å². The molecule has 2 rings (SSSR count). The van der Waals surface area contributed by atoms with Crippen LogP contribution in [0.15, 0.2) is 0 Å². The molecule has 1 heterocycles. The molecule has 0 spiro atoms. The highest BCUT2D eigenvalue weighted by Crippen LogP contribution is 2.32. The topological polar surface area (TPSA) is 49.4 Å². The first-order valence-corrected chi connectivity index (χ1v) is 9.39. The molecule has 4 nitrogen and oxygen atoms in total. The molecule has 1 N–H and O–H groups in total. The summed E-state index contributed by atoms with van der Waals surface area (Å²) in [7, 11) is -3.31. The average molecular weight is 339 g/mol. The predicted octanol–water partition coefficient (Wildman–Crippen LogP) is 2.26. The maximum absolute atomic E-state index is 12.4. The smallest absolute Gasteiger partial charge is 0.195 e. The summed E-state index contributed by atoms with van der Waals surface area (Å²) in [5.74, 6) is 0.646. The largest absolute Gasteiger partial charge is 0.279 e. The Morgan fingerprint density at radius 1 is 1.28 bits per heavy atom. The van der Waals surface area contributed by atoms with Crippen LogP contribution in [0.25, 0.3) is 0 Å². The minimum absolute atomic E-state index is 0.248. The van der Waals surface area contributed by atoms with Gasteiger partial charge >= 0.3 is 0 Å². The van der Waals surface area contributed by atoms with Crippen molar-refractivity contribution in [3.05, 3.63) is 0 Å². The van der Waals surface area contributed by atoms with E-state index < -0.39 is 10.2 Å². The highest BCUT2D eigenvalue weighted by Gasteiger charge is 2.39. The third kappa shape index (κ3) is 3.26. The van der Waals surface area contributed by atoms with Crippen LogP contribution >= 0.6 is 15.9 Å². The van der Waals surface area contributed by atoms with Crippen molar-refractivity contribution < 1.29 is 8.42 Å². The van der Waals surface area contributed by atoms with E-state index in [1.807, 2.05) is 0 Å². The molecular weight excluding hydrogens is 316 g/mol. The van der Waals surface area contributed by atoms with E-state index in [9.17, 15) is 8.42 Å². The Balaban J connectivity index is 2.02. The van der Waals surface area contributed by atoms with Gasteiger partial charge in [0.2, 0.25) is 0 Å². The van der Waals surface area contributed by atoms with Crippen LogP contribution in [0.3, 0.4) is 0 Å². The number of hydrogen-bond donors (Lipinski definition) is 1. The van der Waals surface area contributed by atoms with Gasteiger partial charge in [-0.1, -0.05) is 35.7 Å². The zero-order valence-corrected chi connectivity index (χ0v) is 13.4. The van der Waals surface area contributed by atoms with Crippen LogP contribution in [0.4, 0.5) is 0 Å². The van der Waals surface area contributed by atoms with E-state index in [4.69, 9.17) is 0 Å². The first-order chi connectivity index (χ1) is 8.47. The first kappa shape index (κ1) is 14.8. The average Bonchev–Trinajstić information content (AvgIpc) is 2.78. The van der Waals surface area contributed by atoms with Crippen molar-refractivity contribution >= 4 is 26.1 Å². The Kier molecular flexibility index (Phi) is 4.73. The highest BCUT2D eigenvalue weighted by atomic mass is 79.9. The van der Waals surface area contributed by atoms with Crippen LogP contribution in [0.2, 0.25) is 0 Å². The Labute approximate surface area is 119 Å². The molecule has 1 saturated carbocycles. The second kappa shape index (κ2) is 5.77. The molecule has 1 aliphatic heterocycles. The van der Waals surface area contributed by atoms with E-state index in [1.54, 1.807) is 4.31 Å². The molecular formula is C12H23BrN2O2S. The fourth-order valence-corrected chi connectivity index (χ4v) is 5.41. The Morgan fingerprint density at radius 3 is 2.33 bits per heavy atom. The number of halogens is 1. The lowest BCUT2D eigenvalue weighted by molar-refractivity contribution is 0.278. The molecule has 0 unspecified atom stereocenters. The fraction of sp³-hybridized carbons (Fsp3) is 1.00. The van der Waals surface area contributed by atoms with E-state index in [2.05, 4.69) is 27.6 Å². The van der Waals surface area contributed by atoms with Gasteiger partial charge in [-0.3, -0.25) is 0 Å². The Hall–Kier alpha value is 0.350. The van der Waals surface area contributed by atoms with Gasteiger partial charge in [0, 0.05) is 24.0 Å². The second-order valence-corrected chi connectivity index (χ2v) is 8.04. The molecule has 0 amide bonds. The molecule has 0 aromatic heterocycles. The number of piperidine rings is 1. The van der Waals surface area contributed by atoms with Crippen molar-refractivity contribution in [1.82, 2.24) is 9.03 Å². The van der Waals surface area contributed by atoms with Gasteiger partial charge in [0.15, 0.2) is 0 Å².